The fourth-order valence-corrected chi connectivity index (χ4v) is 9.48. The third kappa shape index (κ3) is 7.74. The van der Waals surface area contributed by atoms with Gasteiger partial charge in [0.1, 0.15) is 22.7 Å². The minimum Gasteiger partial charge on any atom is -0.356 e. The molecule has 0 saturated carbocycles. The van der Waals surface area contributed by atoms with Crippen LogP contribution in [0.2, 0.25) is 5.02 Å². The lowest BCUT2D eigenvalue weighted by Crippen LogP contribution is -2.42. The highest BCUT2D eigenvalue weighted by molar-refractivity contribution is 7.17. The highest BCUT2D eigenvalue weighted by Crippen LogP contribution is 2.40. The van der Waals surface area contributed by atoms with Gasteiger partial charge in [0, 0.05) is 73.8 Å². The van der Waals surface area contributed by atoms with E-state index in [-0.39, 0.29) is 36.3 Å². The summed E-state index contributed by atoms with van der Waals surface area (Å²) in [6, 6.07) is 21.9. The third-order valence-electron chi connectivity index (χ3n) is 10.1. The lowest BCUT2D eigenvalue weighted by atomic mass is 9.99. The summed E-state index contributed by atoms with van der Waals surface area (Å²) in [5, 5.41) is 29.6. The second-order valence-electron chi connectivity index (χ2n) is 14.0. The molecule has 2 amide bonds. The number of anilines is 1. The predicted molar refractivity (Wildman–Crippen MR) is 230 cm³/mol. The average molecular weight is 790 g/mol. The van der Waals surface area contributed by atoms with Crippen LogP contribution in [0.4, 0.5) is 5.00 Å². The van der Waals surface area contributed by atoms with Crippen LogP contribution in [0.25, 0.3) is 32.2 Å². The summed E-state index contributed by atoms with van der Waals surface area (Å²) in [5.74, 6) is -0.100. The molecule has 9 nitrogen and oxygen atoms in total. The van der Waals surface area contributed by atoms with Gasteiger partial charge in [0.25, 0.3) is 0 Å². The molecule has 12 heteroatoms. The van der Waals surface area contributed by atoms with Gasteiger partial charge in [-0.15, -0.1) is 22.7 Å². The van der Waals surface area contributed by atoms with Crippen LogP contribution in [0, 0.1) is 31.6 Å². The molecule has 0 aliphatic carbocycles. The number of aromatic nitrogens is 1. The standard InChI is InChI=1S/C43H44ClN7O2S2/c1-6-50-35-16-9-28(19-33(35)32-15-12-30(20-36(32)50)37-18-24(2)23-54-37)22-48-38(52)8-7-17-47-39(53)21-34-42(46)51(27(5)45)43-40(25(3)26(4)55-43)41(49-34)29-10-13-31(44)14-11-29/h9-16,18-20,23,34,45-46H,6-8,17,21-22H2,1-5H3,(H,47,53)(H,48,52)/t34-/m0/s1. The van der Waals surface area contributed by atoms with Gasteiger partial charge in [0.2, 0.25) is 11.8 Å². The SMILES string of the molecule is CCn1c2ccc(CNC(=O)CCCNC(=O)C[C@@H]3N=C(c4ccc(Cl)cc4)c4c(sc(C)c4C)N(C(C)=N)C3=N)cc2c2ccc(-c3cc(C)cs3)cc21. The fourth-order valence-electron chi connectivity index (χ4n) is 7.23. The number of benzene rings is 3. The summed E-state index contributed by atoms with van der Waals surface area (Å²) in [7, 11) is 0. The number of rotatable bonds is 11. The van der Waals surface area contributed by atoms with Gasteiger partial charge < -0.3 is 15.2 Å². The first kappa shape index (κ1) is 38.2. The van der Waals surface area contributed by atoms with Crippen LogP contribution in [-0.2, 0) is 22.7 Å². The van der Waals surface area contributed by atoms with Crippen molar-refractivity contribution >= 4 is 90.3 Å². The van der Waals surface area contributed by atoms with E-state index in [1.165, 1.54) is 49.1 Å². The molecule has 6 aromatic rings. The second kappa shape index (κ2) is 15.9. The van der Waals surface area contributed by atoms with Gasteiger partial charge in [0.05, 0.1) is 12.1 Å². The van der Waals surface area contributed by atoms with Crippen molar-refractivity contribution in [2.45, 2.75) is 73.0 Å². The number of carbonyl (C=O) groups excluding carboxylic acids is 2. The molecule has 0 saturated heterocycles. The van der Waals surface area contributed by atoms with E-state index >= 15 is 0 Å². The number of aliphatic imine (C=N–C) groups is 1. The predicted octanol–water partition coefficient (Wildman–Crippen LogP) is 9.79. The molecule has 7 rings (SSSR count). The van der Waals surface area contributed by atoms with Crippen LogP contribution >= 0.6 is 34.3 Å². The first-order chi connectivity index (χ1) is 26.4. The van der Waals surface area contributed by atoms with Crippen molar-refractivity contribution in [2.24, 2.45) is 4.99 Å². The number of hydrogen-bond donors (Lipinski definition) is 4. The molecule has 0 radical (unpaired) electrons. The zero-order chi connectivity index (χ0) is 39.0. The zero-order valence-corrected chi connectivity index (χ0v) is 34.0. The summed E-state index contributed by atoms with van der Waals surface area (Å²) in [4.78, 5) is 35.1. The quantitative estimate of drug-likeness (QED) is 0.0593. The Labute approximate surface area is 334 Å². The highest BCUT2D eigenvalue weighted by Gasteiger charge is 2.34. The summed E-state index contributed by atoms with van der Waals surface area (Å²) in [6.45, 7) is 11.6. The lowest BCUT2D eigenvalue weighted by Gasteiger charge is -2.24. The smallest absolute Gasteiger partial charge is 0.222 e. The van der Waals surface area contributed by atoms with Gasteiger partial charge in [-0.25, -0.2) is 0 Å². The molecule has 4 N–H and O–H groups in total. The summed E-state index contributed by atoms with van der Waals surface area (Å²) in [6.07, 6.45) is 0.667. The van der Waals surface area contributed by atoms with Gasteiger partial charge in [-0.3, -0.25) is 30.3 Å². The van der Waals surface area contributed by atoms with Gasteiger partial charge in [-0.05, 0) is 105 Å². The van der Waals surface area contributed by atoms with Crippen LogP contribution in [-0.4, -0.2) is 46.4 Å². The molecule has 282 valence electrons. The van der Waals surface area contributed by atoms with Crippen LogP contribution in [0.15, 0.2) is 77.1 Å². The van der Waals surface area contributed by atoms with Gasteiger partial charge >= 0.3 is 0 Å². The number of hydrogen-bond acceptors (Lipinski definition) is 7. The second-order valence-corrected chi connectivity index (χ2v) is 16.6. The van der Waals surface area contributed by atoms with Crippen LogP contribution < -0.4 is 15.5 Å². The molecule has 55 heavy (non-hydrogen) atoms. The molecule has 1 atom stereocenters. The maximum absolute atomic E-state index is 13.3. The van der Waals surface area contributed by atoms with Gasteiger partial charge in [-0.2, -0.15) is 0 Å². The number of amidine groups is 2. The van der Waals surface area contributed by atoms with Crippen molar-refractivity contribution in [2.75, 3.05) is 11.4 Å². The minimum absolute atomic E-state index is 0.0647. The molecule has 0 bridgehead atoms. The van der Waals surface area contributed by atoms with E-state index in [1.54, 1.807) is 35.3 Å². The maximum atomic E-state index is 13.3. The molecular weight excluding hydrogens is 746 g/mol. The Kier molecular flexibility index (Phi) is 11.1. The Balaban J connectivity index is 0.970. The van der Waals surface area contributed by atoms with Crippen LogP contribution in [0.3, 0.4) is 0 Å². The number of halogens is 1. The van der Waals surface area contributed by atoms with Crippen molar-refractivity contribution in [3.63, 3.8) is 0 Å². The Morgan fingerprint density at radius 1 is 0.927 bits per heavy atom. The van der Waals surface area contributed by atoms with E-state index in [9.17, 15) is 9.59 Å². The first-order valence-corrected chi connectivity index (χ1v) is 20.5. The van der Waals surface area contributed by atoms with Crippen molar-refractivity contribution in [3.05, 3.63) is 110 Å². The Morgan fingerprint density at radius 3 is 2.40 bits per heavy atom. The maximum Gasteiger partial charge on any atom is 0.222 e. The molecule has 1 aliphatic rings. The van der Waals surface area contributed by atoms with E-state index in [4.69, 9.17) is 27.4 Å². The van der Waals surface area contributed by atoms with E-state index in [0.29, 0.717) is 30.2 Å². The number of thiophene rings is 2. The molecule has 0 spiro atoms. The summed E-state index contributed by atoms with van der Waals surface area (Å²) >= 11 is 9.49. The first-order valence-electron chi connectivity index (χ1n) is 18.4. The van der Waals surface area contributed by atoms with Crippen molar-refractivity contribution < 1.29 is 9.59 Å². The number of nitrogens with one attached hydrogen (secondary N) is 4. The number of fused-ring (bicyclic) bond motifs is 4. The molecule has 1 aliphatic heterocycles. The Bertz CT molecular complexity index is 2510. The van der Waals surface area contributed by atoms with Crippen molar-refractivity contribution in [3.8, 4) is 10.4 Å². The number of nitrogens with zero attached hydrogens (tertiary/aromatic N) is 3. The van der Waals surface area contributed by atoms with Crippen LogP contribution in [0.1, 0.15) is 65.8 Å². The number of aryl methyl sites for hydroxylation is 3. The summed E-state index contributed by atoms with van der Waals surface area (Å²) in [5.41, 5.74) is 9.29. The monoisotopic (exact) mass is 789 g/mol. The molecule has 3 aromatic carbocycles. The normalized spacial score (nSPS) is 14.2. The molecule has 3 aromatic heterocycles. The average Bonchev–Trinajstić information content (AvgIpc) is 3.80. The zero-order valence-electron chi connectivity index (χ0n) is 31.6. The number of amides is 2. The Morgan fingerprint density at radius 2 is 1.69 bits per heavy atom. The lowest BCUT2D eigenvalue weighted by molar-refractivity contribution is -0.123. The number of carbonyl (C=O) groups is 2. The van der Waals surface area contributed by atoms with E-state index in [1.807, 2.05) is 26.0 Å². The minimum atomic E-state index is -0.815. The molecule has 4 heterocycles. The van der Waals surface area contributed by atoms with Gasteiger partial charge in [0.15, 0.2) is 0 Å². The van der Waals surface area contributed by atoms with Crippen molar-refractivity contribution in [1.82, 2.24) is 15.2 Å². The van der Waals surface area contributed by atoms with Gasteiger partial charge in [-0.1, -0.05) is 41.9 Å². The van der Waals surface area contributed by atoms with E-state index in [0.717, 1.165) is 38.7 Å². The highest BCUT2D eigenvalue weighted by atomic mass is 35.5. The topological polar surface area (TPSA) is 126 Å². The largest absolute Gasteiger partial charge is 0.356 e. The van der Waals surface area contributed by atoms with E-state index in [2.05, 4.69) is 76.9 Å². The van der Waals surface area contributed by atoms with Crippen molar-refractivity contribution in [1.29, 1.82) is 10.8 Å². The summed E-state index contributed by atoms with van der Waals surface area (Å²) < 4.78 is 2.35. The molecule has 0 unspecified atom stereocenters. The fraction of sp³-hybridized carbons (Fsp3) is 0.279. The molecule has 0 fully saturated rings. The van der Waals surface area contributed by atoms with E-state index < -0.39 is 6.04 Å². The third-order valence-corrected chi connectivity index (χ3v) is 12.7. The molecular formula is C43H44ClN7O2S2. The van der Waals surface area contributed by atoms with Crippen LogP contribution in [0.5, 0.6) is 0 Å². The Hall–Kier alpha value is -5.10.